The lowest BCUT2D eigenvalue weighted by atomic mass is 10.1. The summed E-state index contributed by atoms with van der Waals surface area (Å²) < 4.78 is 1.98. The van der Waals surface area contributed by atoms with E-state index in [4.69, 9.17) is 4.99 Å². The standard InChI is InChI=1S/C22H28N6.HI/c1-3-4-14-23-22(24-15-19-12-10-18(2)11-13-19)25-16-21-27-26-17-28(21)20-8-6-5-7-9-20;/h5-13,17H,3-4,14-16H2,1-2H3,(H2,23,24,25);1H. The molecule has 1 aromatic heterocycles. The topological polar surface area (TPSA) is 67.1 Å². The third kappa shape index (κ3) is 7.16. The number of halogens is 1. The van der Waals surface area contributed by atoms with Crippen molar-refractivity contribution in [2.45, 2.75) is 39.8 Å². The molecule has 0 aliphatic carbocycles. The zero-order valence-corrected chi connectivity index (χ0v) is 19.3. The Morgan fingerprint density at radius 3 is 2.52 bits per heavy atom. The van der Waals surface area contributed by atoms with Gasteiger partial charge in [0.05, 0.1) is 13.1 Å². The number of aromatic nitrogens is 3. The number of hydrogen-bond acceptors (Lipinski definition) is 3. The van der Waals surface area contributed by atoms with Crippen LogP contribution in [0.4, 0.5) is 0 Å². The van der Waals surface area contributed by atoms with E-state index in [2.05, 4.69) is 58.9 Å². The lowest BCUT2D eigenvalue weighted by Crippen LogP contribution is -2.38. The van der Waals surface area contributed by atoms with E-state index in [1.54, 1.807) is 6.33 Å². The van der Waals surface area contributed by atoms with E-state index in [1.807, 2.05) is 34.9 Å². The summed E-state index contributed by atoms with van der Waals surface area (Å²) in [6, 6.07) is 18.6. The quantitative estimate of drug-likeness (QED) is 0.209. The minimum absolute atomic E-state index is 0. The van der Waals surface area contributed by atoms with Gasteiger partial charge in [-0.05, 0) is 31.0 Å². The lowest BCUT2D eigenvalue weighted by Gasteiger charge is -2.13. The molecule has 2 aromatic carbocycles. The number of para-hydroxylation sites is 1. The van der Waals surface area contributed by atoms with Crippen LogP contribution in [-0.2, 0) is 13.1 Å². The van der Waals surface area contributed by atoms with Crippen LogP contribution in [0, 0.1) is 6.92 Å². The second kappa shape index (κ2) is 12.2. The Bertz CT molecular complexity index is 874. The van der Waals surface area contributed by atoms with Crippen molar-refractivity contribution in [3.05, 3.63) is 77.9 Å². The molecular formula is C22H29IN6. The Morgan fingerprint density at radius 1 is 1.03 bits per heavy atom. The van der Waals surface area contributed by atoms with Crippen molar-refractivity contribution in [1.29, 1.82) is 0 Å². The van der Waals surface area contributed by atoms with Crippen molar-refractivity contribution in [2.24, 2.45) is 4.99 Å². The fourth-order valence-electron chi connectivity index (χ4n) is 2.77. The van der Waals surface area contributed by atoms with Crippen LogP contribution in [0.15, 0.2) is 65.9 Å². The van der Waals surface area contributed by atoms with E-state index in [1.165, 1.54) is 11.1 Å². The van der Waals surface area contributed by atoms with Gasteiger partial charge in [0.2, 0.25) is 0 Å². The summed E-state index contributed by atoms with van der Waals surface area (Å²) in [6.07, 6.45) is 3.98. The summed E-state index contributed by atoms with van der Waals surface area (Å²) in [5.74, 6) is 1.63. The van der Waals surface area contributed by atoms with Gasteiger partial charge in [-0.15, -0.1) is 34.2 Å². The average Bonchev–Trinajstić information content (AvgIpc) is 3.20. The van der Waals surface area contributed by atoms with Gasteiger partial charge < -0.3 is 10.6 Å². The molecule has 0 atom stereocenters. The van der Waals surface area contributed by atoms with Crippen LogP contribution >= 0.6 is 24.0 Å². The molecule has 0 fully saturated rings. The molecule has 0 radical (unpaired) electrons. The maximum atomic E-state index is 4.73. The molecule has 3 rings (SSSR count). The molecule has 1 heterocycles. The number of aliphatic imine (C=N–C) groups is 1. The van der Waals surface area contributed by atoms with Crippen molar-refractivity contribution in [3.63, 3.8) is 0 Å². The van der Waals surface area contributed by atoms with Crippen LogP contribution in [0.2, 0.25) is 0 Å². The van der Waals surface area contributed by atoms with E-state index < -0.39 is 0 Å². The first-order valence-corrected chi connectivity index (χ1v) is 9.78. The summed E-state index contributed by atoms with van der Waals surface area (Å²) >= 11 is 0. The predicted octanol–water partition coefficient (Wildman–Crippen LogP) is 4.23. The van der Waals surface area contributed by atoms with Gasteiger partial charge in [0, 0.05) is 12.2 Å². The smallest absolute Gasteiger partial charge is 0.191 e. The van der Waals surface area contributed by atoms with E-state index in [0.717, 1.165) is 36.9 Å². The third-order valence-electron chi connectivity index (χ3n) is 4.43. The zero-order chi connectivity index (χ0) is 19.6. The van der Waals surface area contributed by atoms with Crippen LogP contribution in [0.1, 0.15) is 36.7 Å². The van der Waals surface area contributed by atoms with Gasteiger partial charge in [0.15, 0.2) is 11.8 Å². The number of benzene rings is 2. The number of hydrogen-bond donors (Lipinski definition) is 2. The number of unbranched alkanes of at least 4 members (excludes halogenated alkanes) is 1. The second-order valence-corrected chi connectivity index (χ2v) is 6.74. The average molecular weight is 504 g/mol. The zero-order valence-electron chi connectivity index (χ0n) is 17.0. The van der Waals surface area contributed by atoms with Gasteiger partial charge >= 0.3 is 0 Å². The lowest BCUT2D eigenvalue weighted by molar-refractivity contribution is 0.710. The Kier molecular flexibility index (Phi) is 9.63. The molecule has 0 saturated heterocycles. The fourth-order valence-corrected chi connectivity index (χ4v) is 2.77. The van der Waals surface area contributed by atoms with Crippen molar-refractivity contribution < 1.29 is 0 Å². The number of guanidine groups is 1. The minimum atomic E-state index is 0. The van der Waals surface area contributed by atoms with Crippen LogP contribution in [0.25, 0.3) is 5.69 Å². The predicted molar refractivity (Wildman–Crippen MR) is 129 cm³/mol. The molecule has 7 heteroatoms. The molecule has 154 valence electrons. The van der Waals surface area contributed by atoms with Gasteiger partial charge in [0.25, 0.3) is 0 Å². The maximum absolute atomic E-state index is 4.73. The van der Waals surface area contributed by atoms with E-state index in [0.29, 0.717) is 13.1 Å². The van der Waals surface area contributed by atoms with Crippen molar-refractivity contribution in [3.8, 4) is 5.69 Å². The number of aryl methyl sites for hydroxylation is 1. The summed E-state index contributed by atoms with van der Waals surface area (Å²) in [6.45, 7) is 6.34. The summed E-state index contributed by atoms with van der Waals surface area (Å²) in [4.78, 5) is 4.73. The van der Waals surface area contributed by atoms with E-state index >= 15 is 0 Å². The normalized spacial score (nSPS) is 11.0. The molecule has 0 bridgehead atoms. The van der Waals surface area contributed by atoms with E-state index in [9.17, 15) is 0 Å². The van der Waals surface area contributed by atoms with Crippen LogP contribution in [0.3, 0.4) is 0 Å². The summed E-state index contributed by atoms with van der Waals surface area (Å²) in [7, 11) is 0. The molecular weight excluding hydrogens is 475 g/mol. The van der Waals surface area contributed by atoms with Crippen LogP contribution in [-0.4, -0.2) is 27.3 Å². The number of rotatable bonds is 8. The first kappa shape index (κ1) is 22.9. The monoisotopic (exact) mass is 504 g/mol. The molecule has 0 unspecified atom stereocenters. The number of nitrogens with one attached hydrogen (secondary N) is 2. The molecule has 0 aliphatic heterocycles. The molecule has 29 heavy (non-hydrogen) atoms. The molecule has 0 amide bonds. The first-order valence-electron chi connectivity index (χ1n) is 9.78. The van der Waals surface area contributed by atoms with Gasteiger partial charge in [-0.1, -0.05) is 61.4 Å². The van der Waals surface area contributed by atoms with Gasteiger partial charge in [-0.25, -0.2) is 4.99 Å². The molecule has 2 N–H and O–H groups in total. The molecule has 6 nitrogen and oxygen atoms in total. The highest BCUT2D eigenvalue weighted by atomic mass is 127. The van der Waals surface area contributed by atoms with Crippen molar-refractivity contribution in [1.82, 2.24) is 25.4 Å². The van der Waals surface area contributed by atoms with E-state index in [-0.39, 0.29) is 24.0 Å². The Balaban J connectivity index is 0.00000300. The highest BCUT2D eigenvalue weighted by molar-refractivity contribution is 14.0. The minimum Gasteiger partial charge on any atom is -0.356 e. The largest absolute Gasteiger partial charge is 0.356 e. The SMILES string of the molecule is CCCCNC(=NCc1ccc(C)cc1)NCc1nncn1-c1ccccc1.I. The maximum Gasteiger partial charge on any atom is 0.191 e. The highest BCUT2D eigenvalue weighted by Crippen LogP contribution is 2.09. The fraction of sp³-hybridized carbons (Fsp3) is 0.318. The Hall–Kier alpha value is -2.42. The Labute approximate surface area is 189 Å². The Morgan fingerprint density at radius 2 is 1.79 bits per heavy atom. The summed E-state index contributed by atoms with van der Waals surface area (Å²) in [5, 5.41) is 15.1. The molecule has 0 spiro atoms. The van der Waals surface area contributed by atoms with Gasteiger partial charge in [-0.3, -0.25) is 4.57 Å². The number of nitrogens with zero attached hydrogens (tertiary/aromatic N) is 4. The highest BCUT2D eigenvalue weighted by Gasteiger charge is 2.07. The van der Waals surface area contributed by atoms with Gasteiger partial charge in [0.1, 0.15) is 6.33 Å². The van der Waals surface area contributed by atoms with Crippen molar-refractivity contribution in [2.75, 3.05) is 6.54 Å². The molecule has 3 aromatic rings. The third-order valence-corrected chi connectivity index (χ3v) is 4.43. The molecule has 0 aliphatic rings. The van der Waals surface area contributed by atoms with Crippen molar-refractivity contribution >= 4 is 29.9 Å². The first-order chi connectivity index (χ1) is 13.8. The molecule has 0 saturated carbocycles. The van der Waals surface area contributed by atoms with Crippen LogP contribution in [0.5, 0.6) is 0 Å². The van der Waals surface area contributed by atoms with Gasteiger partial charge in [-0.2, -0.15) is 0 Å². The second-order valence-electron chi connectivity index (χ2n) is 6.74. The summed E-state index contributed by atoms with van der Waals surface area (Å²) in [5.41, 5.74) is 3.49. The van der Waals surface area contributed by atoms with Crippen LogP contribution < -0.4 is 10.6 Å².